The van der Waals surface area contributed by atoms with Crippen LogP contribution in [-0.4, -0.2) is 80.1 Å². The molecule has 5 heterocycles. The lowest BCUT2D eigenvalue weighted by molar-refractivity contribution is -0.137. The highest BCUT2D eigenvalue weighted by atomic mass is 19.4. The molecular formula is C34H40F3N7O5. The van der Waals surface area contributed by atoms with E-state index in [2.05, 4.69) is 15.3 Å². The number of ether oxygens (including phenoxy) is 2. The number of aromatic nitrogens is 4. The van der Waals surface area contributed by atoms with Gasteiger partial charge in [0.2, 0.25) is 11.7 Å². The van der Waals surface area contributed by atoms with Crippen molar-refractivity contribution in [3.63, 3.8) is 0 Å². The normalized spacial score (nSPS) is 23.9. The minimum Gasteiger partial charge on any atom is -0.444 e. The molecule has 15 heteroatoms. The fourth-order valence-corrected chi connectivity index (χ4v) is 7.48. The van der Waals surface area contributed by atoms with Crippen LogP contribution < -0.4 is 15.8 Å². The minimum atomic E-state index is -4.51. The molecule has 2 aromatic heterocycles. The zero-order chi connectivity index (χ0) is 35.0. The summed E-state index contributed by atoms with van der Waals surface area (Å²) < 4.78 is 54.2. The molecule has 1 saturated carbocycles. The fourth-order valence-electron chi connectivity index (χ4n) is 7.48. The number of alkyl halides is 3. The number of hydrogen-bond acceptors (Lipinski definition) is 8. The number of hydrogen-bond donors (Lipinski definition) is 1. The number of amides is 2. The first-order valence-electron chi connectivity index (χ1n) is 16.7. The summed E-state index contributed by atoms with van der Waals surface area (Å²) in [6.07, 6.45) is -0.580. The second kappa shape index (κ2) is 11.9. The van der Waals surface area contributed by atoms with Crippen LogP contribution in [0.25, 0.3) is 11.4 Å². The van der Waals surface area contributed by atoms with Crippen molar-refractivity contribution in [2.24, 2.45) is 0 Å². The topological polar surface area (TPSA) is 123 Å². The quantitative estimate of drug-likeness (QED) is 0.394. The Labute approximate surface area is 280 Å². The molecule has 12 nitrogen and oxygen atoms in total. The Bertz CT molecular complexity index is 1930. The van der Waals surface area contributed by atoms with Crippen LogP contribution in [0.1, 0.15) is 88.0 Å². The van der Waals surface area contributed by atoms with Crippen LogP contribution >= 0.6 is 0 Å². The van der Waals surface area contributed by atoms with Crippen LogP contribution in [0.4, 0.5) is 29.3 Å². The number of anilines is 2. The molecule has 0 spiro atoms. The zero-order valence-electron chi connectivity index (χ0n) is 28.1. The third-order valence-corrected chi connectivity index (χ3v) is 9.92. The summed E-state index contributed by atoms with van der Waals surface area (Å²) in [4.78, 5) is 50.3. The Morgan fingerprint density at radius 3 is 2.49 bits per heavy atom. The minimum absolute atomic E-state index is 0.132. The Kier molecular flexibility index (Phi) is 8.03. The molecule has 2 amide bonds. The van der Waals surface area contributed by atoms with E-state index in [0.717, 1.165) is 30.5 Å². The van der Waals surface area contributed by atoms with E-state index in [1.165, 1.54) is 17.5 Å². The van der Waals surface area contributed by atoms with E-state index in [0.29, 0.717) is 56.4 Å². The summed E-state index contributed by atoms with van der Waals surface area (Å²) >= 11 is 0. The van der Waals surface area contributed by atoms with Gasteiger partial charge < -0.3 is 24.6 Å². The molecule has 1 aromatic carbocycles. The molecule has 262 valence electrons. The average Bonchev–Trinajstić information content (AvgIpc) is 3.60. The van der Waals surface area contributed by atoms with E-state index in [9.17, 15) is 27.6 Å². The maximum absolute atomic E-state index is 14.5. The molecule has 3 aliphatic heterocycles. The van der Waals surface area contributed by atoms with Crippen molar-refractivity contribution >= 4 is 34.7 Å². The van der Waals surface area contributed by atoms with E-state index in [1.54, 1.807) is 9.47 Å². The van der Waals surface area contributed by atoms with Gasteiger partial charge in [-0.2, -0.15) is 22.7 Å². The second-order valence-electron chi connectivity index (χ2n) is 14.4. The van der Waals surface area contributed by atoms with Crippen LogP contribution in [0, 0.1) is 6.92 Å². The second-order valence-corrected chi connectivity index (χ2v) is 14.4. The molecule has 7 rings (SSSR count). The lowest BCUT2D eigenvalue weighted by Crippen LogP contribution is -2.67. The van der Waals surface area contributed by atoms with Crippen molar-refractivity contribution in [3.05, 3.63) is 57.3 Å². The molecule has 0 unspecified atom stereocenters. The Balaban J connectivity index is 1.30. The predicted molar refractivity (Wildman–Crippen MR) is 175 cm³/mol. The molecule has 4 aliphatic rings. The summed E-state index contributed by atoms with van der Waals surface area (Å²) in [5, 5.41) is 7.51. The number of nitrogens with one attached hydrogen (secondary N) is 1. The van der Waals surface area contributed by atoms with E-state index in [1.807, 2.05) is 33.8 Å². The van der Waals surface area contributed by atoms with Crippen LogP contribution in [0.15, 0.2) is 29.1 Å². The number of aryl methyl sites for hydroxylation is 1. The first-order valence-corrected chi connectivity index (χ1v) is 16.7. The highest BCUT2D eigenvalue weighted by molar-refractivity contribution is 5.95. The van der Waals surface area contributed by atoms with Gasteiger partial charge in [-0.05, 0) is 82.7 Å². The van der Waals surface area contributed by atoms with Crippen LogP contribution in [0.3, 0.4) is 0 Å². The van der Waals surface area contributed by atoms with Gasteiger partial charge in [0.05, 0.1) is 30.5 Å². The van der Waals surface area contributed by atoms with Gasteiger partial charge in [-0.1, -0.05) is 13.0 Å². The lowest BCUT2D eigenvalue weighted by atomic mass is 9.81. The van der Waals surface area contributed by atoms with Crippen molar-refractivity contribution in [1.29, 1.82) is 0 Å². The third kappa shape index (κ3) is 5.85. The van der Waals surface area contributed by atoms with E-state index in [-0.39, 0.29) is 46.7 Å². The van der Waals surface area contributed by atoms with Crippen molar-refractivity contribution < 1.29 is 32.2 Å². The molecular weight excluding hydrogens is 643 g/mol. The molecule has 4 atom stereocenters. The van der Waals surface area contributed by atoms with Crippen molar-refractivity contribution in [3.8, 4) is 0 Å². The molecule has 1 N–H and O–H groups in total. The van der Waals surface area contributed by atoms with Crippen LogP contribution in [-0.2, 0) is 20.4 Å². The standard InChI is InChI=1S/C34H40F3N7O5/c1-18-16-21(34(35,36)37)6-7-22(18)38-29(45)25-17-19(2)26-27(41-12-13-42(24-9-8-23(24)41)32(47)49-33(3,4)5)30(46)44-31(43(25)26)39-28(40-44)20-10-14-48-15-11-20/h6-7,10,16,19,23-25H,8-9,11-15,17H2,1-5H3,(H,38,45)/t19-,23+,24+,25-/m1/s1. The maximum atomic E-state index is 14.5. The maximum Gasteiger partial charge on any atom is 0.416 e. The van der Waals surface area contributed by atoms with Gasteiger partial charge >= 0.3 is 12.3 Å². The van der Waals surface area contributed by atoms with E-state index >= 15 is 0 Å². The van der Waals surface area contributed by atoms with Crippen LogP contribution in [0.2, 0.25) is 0 Å². The average molecular weight is 684 g/mol. The number of carbonyl (C=O) groups excluding carboxylic acids is 2. The van der Waals surface area contributed by atoms with Gasteiger partial charge in [0.15, 0.2) is 5.82 Å². The van der Waals surface area contributed by atoms with Gasteiger partial charge in [0.25, 0.3) is 5.56 Å². The summed E-state index contributed by atoms with van der Waals surface area (Å²) in [7, 11) is 0. The number of carbonyl (C=O) groups is 2. The number of nitrogens with zero attached hydrogens (tertiary/aromatic N) is 6. The predicted octanol–water partition coefficient (Wildman–Crippen LogP) is 5.30. The molecule has 3 aromatic rings. The first kappa shape index (κ1) is 33.1. The highest BCUT2D eigenvalue weighted by Gasteiger charge is 2.49. The number of halogens is 3. The number of benzene rings is 1. The number of fused-ring (bicyclic) bond motifs is 4. The molecule has 1 aliphatic carbocycles. The molecule has 0 bridgehead atoms. The van der Waals surface area contributed by atoms with Crippen molar-refractivity contribution in [2.45, 2.75) is 96.1 Å². The van der Waals surface area contributed by atoms with Crippen LogP contribution in [0.5, 0.6) is 0 Å². The van der Waals surface area contributed by atoms with E-state index in [4.69, 9.17) is 14.5 Å². The first-order chi connectivity index (χ1) is 23.1. The monoisotopic (exact) mass is 683 g/mol. The molecule has 49 heavy (non-hydrogen) atoms. The fraction of sp³-hybridized carbons (Fsp3) is 0.559. The van der Waals surface area contributed by atoms with Crippen molar-refractivity contribution in [1.82, 2.24) is 24.1 Å². The van der Waals surface area contributed by atoms with Gasteiger partial charge in [-0.25, -0.2) is 4.79 Å². The Hall–Kier alpha value is -4.40. The van der Waals surface area contributed by atoms with Gasteiger partial charge in [-0.3, -0.25) is 14.2 Å². The highest BCUT2D eigenvalue weighted by Crippen LogP contribution is 2.45. The Morgan fingerprint density at radius 2 is 1.86 bits per heavy atom. The SMILES string of the molecule is Cc1cc(C(F)(F)F)ccc1NC(=O)[C@H]1C[C@@H](C)c2c(N3CCN(C(=O)OC(C)(C)C)[C@H]4CC[C@@H]43)c(=O)n3nc(C4=CCOCC4)nc3n21. The smallest absolute Gasteiger partial charge is 0.416 e. The number of rotatable bonds is 4. The summed E-state index contributed by atoms with van der Waals surface area (Å²) in [6.45, 7) is 10.6. The molecule has 1 saturated heterocycles. The van der Waals surface area contributed by atoms with Crippen molar-refractivity contribution in [2.75, 3.05) is 36.5 Å². The third-order valence-electron chi connectivity index (χ3n) is 9.92. The molecule has 0 radical (unpaired) electrons. The number of piperazine rings is 1. The van der Waals surface area contributed by atoms with E-state index < -0.39 is 29.3 Å². The van der Waals surface area contributed by atoms with Gasteiger partial charge in [0.1, 0.15) is 17.3 Å². The van der Waals surface area contributed by atoms with Gasteiger partial charge in [0, 0.05) is 30.7 Å². The summed E-state index contributed by atoms with van der Waals surface area (Å²) in [5.74, 6) is -0.0868. The Morgan fingerprint density at radius 1 is 1.10 bits per heavy atom. The lowest BCUT2D eigenvalue weighted by Gasteiger charge is -2.54. The summed E-state index contributed by atoms with van der Waals surface area (Å²) in [5.41, 5.74) is 0.656. The zero-order valence-corrected chi connectivity index (χ0v) is 28.1. The molecule has 2 fully saturated rings. The van der Waals surface area contributed by atoms with Gasteiger partial charge in [-0.15, -0.1) is 5.10 Å². The summed E-state index contributed by atoms with van der Waals surface area (Å²) in [6, 6.07) is 2.11. The largest absolute Gasteiger partial charge is 0.444 e.